The van der Waals surface area contributed by atoms with Gasteiger partial charge in [0.25, 0.3) is 5.91 Å². The Morgan fingerprint density at radius 1 is 1.33 bits per heavy atom. The van der Waals surface area contributed by atoms with Crippen LogP contribution in [-0.2, 0) is 4.79 Å². The van der Waals surface area contributed by atoms with Gasteiger partial charge in [0.15, 0.2) is 0 Å². The van der Waals surface area contributed by atoms with Crippen LogP contribution in [0.5, 0.6) is 0 Å². The second kappa shape index (κ2) is 6.32. The van der Waals surface area contributed by atoms with Gasteiger partial charge in [-0.15, -0.1) is 0 Å². The van der Waals surface area contributed by atoms with Gasteiger partial charge in [-0.3, -0.25) is 14.6 Å². The number of imide groups is 1. The fraction of sp³-hybridized carbons (Fsp3) is 0.867. The fourth-order valence-electron chi connectivity index (χ4n) is 3.34. The van der Waals surface area contributed by atoms with E-state index in [2.05, 4.69) is 17.1 Å². The molecule has 3 N–H and O–H groups in total. The number of carbonyl (C=O) groups excluding carboxylic acids is 2. The van der Waals surface area contributed by atoms with Crippen molar-refractivity contribution >= 4 is 11.9 Å². The van der Waals surface area contributed by atoms with Crippen LogP contribution in [0.4, 0.5) is 4.79 Å². The molecule has 0 aliphatic carbocycles. The van der Waals surface area contributed by atoms with Crippen molar-refractivity contribution in [1.82, 2.24) is 15.1 Å². The highest BCUT2D eigenvalue weighted by Crippen LogP contribution is 2.25. The van der Waals surface area contributed by atoms with Crippen LogP contribution in [-0.4, -0.2) is 59.5 Å². The maximum absolute atomic E-state index is 12.2. The van der Waals surface area contributed by atoms with E-state index < -0.39 is 5.54 Å². The molecule has 2 unspecified atom stereocenters. The summed E-state index contributed by atoms with van der Waals surface area (Å²) in [5.74, 6) is 0.616. The standard InChI is InChI=1S/C15H28N4O2/c1-4-11-5-6-18(12(9-11)10-16)7-8-19-13(20)15(2,3)17-14(19)21/h11-12H,4-10,16H2,1-3H3,(H,17,21). The van der Waals surface area contributed by atoms with Crippen molar-refractivity contribution < 1.29 is 9.59 Å². The number of hydrogen-bond acceptors (Lipinski definition) is 4. The number of nitrogens with zero attached hydrogens (tertiary/aromatic N) is 2. The molecule has 0 saturated carbocycles. The van der Waals surface area contributed by atoms with E-state index in [-0.39, 0.29) is 11.9 Å². The summed E-state index contributed by atoms with van der Waals surface area (Å²) in [5, 5.41) is 2.72. The molecule has 2 aliphatic heterocycles. The third kappa shape index (κ3) is 3.37. The highest BCUT2D eigenvalue weighted by Gasteiger charge is 2.44. The molecule has 21 heavy (non-hydrogen) atoms. The number of hydrogen-bond donors (Lipinski definition) is 2. The number of carbonyl (C=O) groups is 2. The second-order valence-corrected chi connectivity index (χ2v) is 6.74. The normalized spacial score (nSPS) is 29.8. The van der Waals surface area contributed by atoms with Crippen molar-refractivity contribution in [2.45, 2.75) is 51.6 Å². The Kier molecular flexibility index (Phi) is 4.88. The monoisotopic (exact) mass is 296 g/mol. The first-order valence-corrected chi connectivity index (χ1v) is 7.97. The maximum atomic E-state index is 12.2. The van der Waals surface area contributed by atoms with E-state index in [0.29, 0.717) is 25.7 Å². The van der Waals surface area contributed by atoms with E-state index in [1.807, 2.05) is 0 Å². The Morgan fingerprint density at radius 3 is 2.57 bits per heavy atom. The van der Waals surface area contributed by atoms with Crippen LogP contribution in [0.3, 0.4) is 0 Å². The molecular weight excluding hydrogens is 268 g/mol. The third-order valence-corrected chi connectivity index (χ3v) is 4.85. The van der Waals surface area contributed by atoms with Gasteiger partial charge in [-0.1, -0.05) is 13.3 Å². The number of urea groups is 1. The van der Waals surface area contributed by atoms with Crippen LogP contribution in [0.2, 0.25) is 0 Å². The quantitative estimate of drug-likeness (QED) is 0.734. The number of amides is 3. The summed E-state index contributed by atoms with van der Waals surface area (Å²) in [6, 6.07) is 0.0928. The molecule has 2 heterocycles. The first-order chi connectivity index (χ1) is 9.89. The summed E-state index contributed by atoms with van der Waals surface area (Å²) in [7, 11) is 0. The average Bonchev–Trinajstić information content (AvgIpc) is 2.65. The van der Waals surface area contributed by atoms with Gasteiger partial charge in [-0.05, 0) is 39.2 Å². The lowest BCUT2D eigenvalue weighted by atomic mass is 9.89. The molecule has 0 aromatic heterocycles. The van der Waals surface area contributed by atoms with Crippen LogP contribution in [0.1, 0.15) is 40.0 Å². The van der Waals surface area contributed by atoms with Gasteiger partial charge < -0.3 is 11.1 Å². The van der Waals surface area contributed by atoms with E-state index in [1.165, 1.54) is 17.7 Å². The first kappa shape index (κ1) is 16.2. The lowest BCUT2D eigenvalue weighted by Gasteiger charge is -2.39. The summed E-state index contributed by atoms with van der Waals surface area (Å²) >= 11 is 0. The van der Waals surface area contributed by atoms with Gasteiger partial charge in [0.1, 0.15) is 5.54 Å². The molecule has 0 radical (unpaired) electrons. The predicted octanol–water partition coefficient (Wildman–Crippen LogP) is 0.766. The molecule has 0 bridgehead atoms. The molecule has 0 aromatic carbocycles. The maximum Gasteiger partial charge on any atom is 0.325 e. The van der Waals surface area contributed by atoms with E-state index >= 15 is 0 Å². The molecule has 6 nitrogen and oxygen atoms in total. The van der Waals surface area contributed by atoms with Gasteiger partial charge in [-0.25, -0.2) is 4.79 Å². The third-order valence-electron chi connectivity index (χ3n) is 4.85. The lowest BCUT2D eigenvalue weighted by molar-refractivity contribution is -0.130. The van der Waals surface area contributed by atoms with E-state index in [1.54, 1.807) is 13.8 Å². The van der Waals surface area contributed by atoms with Crippen molar-refractivity contribution in [2.75, 3.05) is 26.2 Å². The molecule has 120 valence electrons. The van der Waals surface area contributed by atoms with Gasteiger partial charge in [-0.2, -0.15) is 0 Å². The van der Waals surface area contributed by atoms with Crippen LogP contribution >= 0.6 is 0 Å². The number of piperidine rings is 1. The Balaban J connectivity index is 1.91. The Bertz CT molecular complexity index is 410. The van der Waals surface area contributed by atoms with E-state index in [4.69, 9.17) is 5.73 Å². The minimum absolute atomic E-state index is 0.139. The Labute approximate surface area is 127 Å². The van der Waals surface area contributed by atoms with Crippen LogP contribution in [0.15, 0.2) is 0 Å². The van der Waals surface area contributed by atoms with Gasteiger partial charge in [0.2, 0.25) is 0 Å². The van der Waals surface area contributed by atoms with Crippen molar-refractivity contribution in [2.24, 2.45) is 11.7 Å². The van der Waals surface area contributed by atoms with Crippen molar-refractivity contribution in [3.63, 3.8) is 0 Å². The van der Waals surface area contributed by atoms with E-state index in [0.717, 1.165) is 18.9 Å². The Morgan fingerprint density at radius 2 is 2.05 bits per heavy atom. The zero-order chi connectivity index (χ0) is 15.6. The fourth-order valence-corrected chi connectivity index (χ4v) is 3.34. The second-order valence-electron chi connectivity index (χ2n) is 6.74. The minimum atomic E-state index is -0.778. The summed E-state index contributed by atoms with van der Waals surface area (Å²) < 4.78 is 0. The molecule has 2 rings (SSSR count). The first-order valence-electron chi connectivity index (χ1n) is 7.97. The molecule has 2 aliphatic rings. The van der Waals surface area contributed by atoms with Crippen molar-refractivity contribution in [1.29, 1.82) is 0 Å². The number of likely N-dealkylation sites (tertiary alicyclic amines) is 1. The molecule has 2 atom stereocenters. The van der Waals surface area contributed by atoms with Gasteiger partial charge in [0.05, 0.1) is 0 Å². The number of rotatable bonds is 5. The molecule has 2 fully saturated rings. The molecule has 0 spiro atoms. The van der Waals surface area contributed by atoms with Crippen LogP contribution < -0.4 is 11.1 Å². The average molecular weight is 296 g/mol. The lowest BCUT2D eigenvalue weighted by Crippen LogP contribution is -2.50. The van der Waals surface area contributed by atoms with Gasteiger partial charge in [0, 0.05) is 25.7 Å². The summed E-state index contributed by atoms with van der Waals surface area (Å²) in [4.78, 5) is 27.7. The Hall–Kier alpha value is -1.14. The largest absolute Gasteiger partial charge is 0.329 e. The SMILES string of the molecule is CCC1CCN(CCN2C(=O)NC(C)(C)C2=O)C(CN)C1. The highest BCUT2D eigenvalue weighted by molar-refractivity contribution is 6.06. The molecule has 2 saturated heterocycles. The molecule has 6 heteroatoms. The zero-order valence-electron chi connectivity index (χ0n) is 13.4. The highest BCUT2D eigenvalue weighted by atomic mass is 16.2. The van der Waals surface area contributed by atoms with Gasteiger partial charge >= 0.3 is 6.03 Å². The number of nitrogens with two attached hydrogens (primary N) is 1. The smallest absolute Gasteiger partial charge is 0.325 e. The summed E-state index contributed by atoms with van der Waals surface area (Å²) in [5.41, 5.74) is 5.11. The predicted molar refractivity (Wildman–Crippen MR) is 81.8 cm³/mol. The van der Waals surface area contributed by atoms with E-state index in [9.17, 15) is 9.59 Å². The number of nitrogens with one attached hydrogen (secondary N) is 1. The van der Waals surface area contributed by atoms with Crippen LogP contribution in [0, 0.1) is 5.92 Å². The van der Waals surface area contributed by atoms with Crippen molar-refractivity contribution in [3.8, 4) is 0 Å². The zero-order valence-corrected chi connectivity index (χ0v) is 13.4. The summed E-state index contributed by atoms with van der Waals surface area (Å²) in [6.45, 7) is 8.51. The minimum Gasteiger partial charge on any atom is -0.329 e. The van der Waals surface area contributed by atoms with Crippen molar-refractivity contribution in [3.05, 3.63) is 0 Å². The van der Waals surface area contributed by atoms with Crippen LogP contribution in [0.25, 0.3) is 0 Å². The molecular formula is C15H28N4O2. The summed E-state index contributed by atoms with van der Waals surface area (Å²) in [6.07, 6.45) is 3.50. The molecule has 3 amide bonds. The topological polar surface area (TPSA) is 78.7 Å². The molecule has 0 aromatic rings.